The maximum absolute atomic E-state index is 12.9. The van der Waals surface area contributed by atoms with Crippen LogP contribution in [0.3, 0.4) is 0 Å². The smallest absolute Gasteiger partial charge is 0.227 e. The number of carbonyl (C=O) groups excluding carboxylic acids is 2. The first kappa shape index (κ1) is 17.4. The minimum absolute atomic E-state index is 0.0955. The predicted molar refractivity (Wildman–Crippen MR) is 94.9 cm³/mol. The first-order chi connectivity index (χ1) is 11.9. The molecule has 1 unspecified atom stereocenters. The Morgan fingerprint density at radius 2 is 2.00 bits per heavy atom. The van der Waals surface area contributed by atoms with E-state index in [1.807, 2.05) is 19.1 Å². The molecule has 6 heteroatoms. The van der Waals surface area contributed by atoms with Crippen LogP contribution < -0.4 is 10.2 Å². The third-order valence-corrected chi connectivity index (χ3v) is 4.75. The molecule has 0 aliphatic carbocycles. The van der Waals surface area contributed by atoms with Gasteiger partial charge in [0.05, 0.1) is 5.92 Å². The average molecular weight is 361 g/mol. The topological polar surface area (TPSA) is 49.4 Å². The summed E-state index contributed by atoms with van der Waals surface area (Å²) >= 11 is 6.12. The molecule has 1 aliphatic heterocycles. The molecule has 4 nitrogen and oxygen atoms in total. The van der Waals surface area contributed by atoms with Crippen molar-refractivity contribution in [1.82, 2.24) is 5.32 Å². The van der Waals surface area contributed by atoms with Gasteiger partial charge in [0.2, 0.25) is 11.8 Å². The zero-order chi connectivity index (χ0) is 18.0. The zero-order valence-corrected chi connectivity index (χ0v) is 14.5. The monoisotopic (exact) mass is 360 g/mol. The van der Waals surface area contributed by atoms with Crippen molar-refractivity contribution < 1.29 is 14.0 Å². The molecule has 1 fully saturated rings. The molecule has 2 aromatic carbocycles. The fourth-order valence-corrected chi connectivity index (χ4v) is 2.99. The lowest BCUT2D eigenvalue weighted by molar-refractivity contribution is -0.126. The van der Waals surface area contributed by atoms with Crippen LogP contribution in [0.25, 0.3) is 0 Å². The van der Waals surface area contributed by atoms with Gasteiger partial charge in [-0.2, -0.15) is 0 Å². The molecule has 25 heavy (non-hydrogen) atoms. The highest BCUT2D eigenvalue weighted by Crippen LogP contribution is 2.28. The van der Waals surface area contributed by atoms with Gasteiger partial charge in [-0.3, -0.25) is 9.59 Å². The number of carbonyl (C=O) groups is 2. The van der Waals surface area contributed by atoms with Crippen LogP contribution in [0.1, 0.15) is 17.5 Å². The van der Waals surface area contributed by atoms with Gasteiger partial charge in [0, 0.05) is 30.2 Å². The van der Waals surface area contributed by atoms with E-state index in [9.17, 15) is 14.0 Å². The molecule has 0 aromatic heterocycles. The number of aryl methyl sites for hydroxylation is 1. The molecule has 0 spiro atoms. The molecule has 1 atom stereocenters. The Bertz CT molecular complexity index is 808. The number of halogens is 2. The molecular formula is C19H18ClFN2O2. The van der Waals surface area contributed by atoms with E-state index in [1.54, 1.807) is 23.1 Å². The van der Waals surface area contributed by atoms with E-state index in [0.29, 0.717) is 23.8 Å². The van der Waals surface area contributed by atoms with Crippen LogP contribution in [0.2, 0.25) is 5.02 Å². The molecule has 0 bridgehead atoms. The largest absolute Gasteiger partial charge is 0.352 e. The zero-order valence-electron chi connectivity index (χ0n) is 13.8. The van der Waals surface area contributed by atoms with Crippen LogP contribution in [-0.4, -0.2) is 18.4 Å². The van der Waals surface area contributed by atoms with E-state index >= 15 is 0 Å². The fourth-order valence-electron chi connectivity index (χ4n) is 2.82. The molecule has 1 N–H and O–H groups in total. The van der Waals surface area contributed by atoms with Crippen LogP contribution in [0.4, 0.5) is 10.1 Å². The number of nitrogens with one attached hydrogen (secondary N) is 1. The first-order valence-electron chi connectivity index (χ1n) is 8.02. The quantitative estimate of drug-likeness (QED) is 0.907. The summed E-state index contributed by atoms with van der Waals surface area (Å²) in [6, 6.07) is 11.4. The minimum atomic E-state index is -0.409. The van der Waals surface area contributed by atoms with Gasteiger partial charge in [-0.05, 0) is 42.3 Å². The van der Waals surface area contributed by atoms with Gasteiger partial charge in [0.1, 0.15) is 5.82 Å². The number of nitrogens with zero attached hydrogens (tertiary/aromatic N) is 1. The summed E-state index contributed by atoms with van der Waals surface area (Å²) in [7, 11) is 0. The van der Waals surface area contributed by atoms with Crippen molar-refractivity contribution in [1.29, 1.82) is 0 Å². The van der Waals surface area contributed by atoms with E-state index in [2.05, 4.69) is 5.32 Å². The SMILES string of the molecule is Cc1ccc(N2CC(C(=O)NCc3ccc(F)cc3)CC2=O)cc1Cl. The van der Waals surface area contributed by atoms with Crippen molar-refractivity contribution in [2.45, 2.75) is 19.9 Å². The average Bonchev–Trinajstić information content (AvgIpc) is 2.98. The summed E-state index contributed by atoms with van der Waals surface area (Å²) in [5.74, 6) is -1.00. The van der Waals surface area contributed by atoms with Gasteiger partial charge in [-0.25, -0.2) is 4.39 Å². The highest BCUT2D eigenvalue weighted by molar-refractivity contribution is 6.31. The Balaban J connectivity index is 1.62. The van der Waals surface area contributed by atoms with Gasteiger partial charge in [0.15, 0.2) is 0 Å². The number of hydrogen-bond donors (Lipinski definition) is 1. The van der Waals surface area contributed by atoms with Gasteiger partial charge in [0.25, 0.3) is 0 Å². The van der Waals surface area contributed by atoms with Gasteiger partial charge >= 0.3 is 0 Å². The number of hydrogen-bond acceptors (Lipinski definition) is 2. The maximum Gasteiger partial charge on any atom is 0.227 e. The van der Waals surface area contributed by atoms with Crippen LogP contribution in [0.5, 0.6) is 0 Å². The van der Waals surface area contributed by atoms with Crippen molar-refractivity contribution in [3.05, 3.63) is 64.4 Å². The molecular weight excluding hydrogens is 343 g/mol. The Hall–Kier alpha value is -2.40. The Labute approximate surface area is 150 Å². The van der Waals surface area contributed by atoms with Crippen LogP contribution in [0, 0.1) is 18.7 Å². The predicted octanol–water partition coefficient (Wildman–Crippen LogP) is 3.46. The summed E-state index contributed by atoms with van der Waals surface area (Å²) in [6.45, 7) is 2.53. The third kappa shape index (κ3) is 3.99. The molecule has 130 valence electrons. The van der Waals surface area contributed by atoms with E-state index < -0.39 is 5.92 Å². The third-order valence-electron chi connectivity index (χ3n) is 4.34. The summed E-state index contributed by atoms with van der Waals surface area (Å²) < 4.78 is 12.9. The highest BCUT2D eigenvalue weighted by atomic mass is 35.5. The Morgan fingerprint density at radius 1 is 1.28 bits per heavy atom. The van der Waals surface area contributed by atoms with Crippen molar-refractivity contribution in [3.63, 3.8) is 0 Å². The standard InChI is InChI=1S/C19H18ClFN2O2/c1-12-2-7-16(9-17(12)20)23-11-14(8-18(23)24)19(25)22-10-13-3-5-15(21)6-4-13/h2-7,9,14H,8,10-11H2,1H3,(H,22,25). The van der Waals surface area contributed by atoms with E-state index in [1.165, 1.54) is 12.1 Å². The molecule has 2 amide bonds. The second-order valence-electron chi connectivity index (χ2n) is 6.18. The van der Waals surface area contributed by atoms with Crippen LogP contribution >= 0.6 is 11.6 Å². The van der Waals surface area contributed by atoms with E-state index in [0.717, 1.165) is 11.1 Å². The van der Waals surface area contributed by atoms with Gasteiger partial charge in [-0.15, -0.1) is 0 Å². The number of benzene rings is 2. The summed E-state index contributed by atoms with van der Waals surface area (Å²) in [6.07, 6.45) is 0.167. The molecule has 1 aliphatic rings. The first-order valence-corrected chi connectivity index (χ1v) is 8.40. The van der Waals surface area contributed by atoms with Crippen molar-refractivity contribution in [2.75, 3.05) is 11.4 Å². The molecule has 1 heterocycles. The number of anilines is 1. The lowest BCUT2D eigenvalue weighted by Crippen LogP contribution is -2.32. The maximum atomic E-state index is 12.9. The van der Waals surface area contributed by atoms with Crippen molar-refractivity contribution in [3.8, 4) is 0 Å². The van der Waals surface area contributed by atoms with Crippen molar-refractivity contribution in [2.24, 2.45) is 5.92 Å². The Kier molecular flexibility index (Phi) is 5.04. The molecule has 0 saturated carbocycles. The lowest BCUT2D eigenvalue weighted by Gasteiger charge is -2.17. The Morgan fingerprint density at radius 3 is 2.68 bits per heavy atom. The van der Waals surface area contributed by atoms with Gasteiger partial charge < -0.3 is 10.2 Å². The summed E-state index contributed by atoms with van der Waals surface area (Å²) in [4.78, 5) is 26.2. The van der Waals surface area contributed by atoms with Crippen LogP contribution in [0.15, 0.2) is 42.5 Å². The van der Waals surface area contributed by atoms with Crippen LogP contribution in [-0.2, 0) is 16.1 Å². The van der Waals surface area contributed by atoms with E-state index in [-0.39, 0.29) is 24.1 Å². The molecule has 1 saturated heterocycles. The van der Waals surface area contributed by atoms with E-state index in [4.69, 9.17) is 11.6 Å². The summed E-state index contributed by atoms with van der Waals surface area (Å²) in [5.41, 5.74) is 2.45. The molecule has 3 rings (SSSR count). The molecule has 0 radical (unpaired) electrons. The fraction of sp³-hybridized carbons (Fsp3) is 0.263. The van der Waals surface area contributed by atoms with Gasteiger partial charge in [-0.1, -0.05) is 29.8 Å². The second-order valence-corrected chi connectivity index (χ2v) is 6.59. The normalized spacial score (nSPS) is 17.0. The number of rotatable bonds is 4. The highest BCUT2D eigenvalue weighted by Gasteiger charge is 2.35. The summed E-state index contributed by atoms with van der Waals surface area (Å²) in [5, 5.41) is 3.40. The lowest BCUT2D eigenvalue weighted by atomic mass is 10.1. The minimum Gasteiger partial charge on any atom is -0.352 e. The van der Waals surface area contributed by atoms with Crippen molar-refractivity contribution >= 4 is 29.1 Å². The molecule has 2 aromatic rings. The number of amides is 2. The second kappa shape index (κ2) is 7.23.